The van der Waals surface area contributed by atoms with E-state index in [1.807, 2.05) is 38.1 Å². The molecule has 1 aliphatic carbocycles. The maximum absolute atomic E-state index is 12.8. The molecule has 0 bridgehead atoms. The largest absolute Gasteiger partial charge is 0.405 e. The van der Waals surface area contributed by atoms with Gasteiger partial charge in [-0.1, -0.05) is 12.1 Å². The van der Waals surface area contributed by atoms with Crippen molar-refractivity contribution in [3.05, 3.63) is 30.0 Å². The first kappa shape index (κ1) is 24.2. The molecule has 2 aliphatic rings. The minimum absolute atomic E-state index is 0.0648. The van der Waals surface area contributed by atoms with Crippen molar-refractivity contribution in [3.8, 4) is 10.6 Å². The molecule has 35 heavy (non-hydrogen) atoms. The van der Waals surface area contributed by atoms with E-state index in [9.17, 15) is 18.3 Å². The number of aliphatic hydroxyl groups is 1. The van der Waals surface area contributed by atoms with E-state index in [4.69, 9.17) is 14.5 Å². The van der Waals surface area contributed by atoms with Crippen LogP contribution in [0.15, 0.2) is 24.3 Å². The number of alkyl halides is 3. The van der Waals surface area contributed by atoms with Crippen LogP contribution in [0.25, 0.3) is 20.8 Å². The topological polar surface area (TPSA) is 101 Å². The van der Waals surface area contributed by atoms with E-state index in [1.165, 1.54) is 11.3 Å². The van der Waals surface area contributed by atoms with E-state index in [2.05, 4.69) is 20.6 Å². The molecule has 188 valence electrons. The summed E-state index contributed by atoms with van der Waals surface area (Å²) in [4.78, 5) is 13.4. The molecule has 2 fully saturated rings. The minimum atomic E-state index is -4.41. The summed E-state index contributed by atoms with van der Waals surface area (Å²) < 4.78 is 51.6. The predicted molar refractivity (Wildman–Crippen MR) is 126 cm³/mol. The molecule has 3 N–H and O–H groups in total. The lowest BCUT2D eigenvalue weighted by molar-refractivity contribution is -0.158. The normalized spacial score (nSPS) is 25.7. The van der Waals surface area contributed by atoms with Crippen LogP contribution in [-0.4, -0.2) is 63.4 Å². The van der Waals surface area contributed by atoms with Gasteiger partial charge in [0, 0.05) is 12.5 Å². The molecule has 2 aromatic heterocycles. The van der Waals surface area contributed by atoms with E-state index in [1.54, 1.807) is 6.92 Å². The Morgan fingerprint density at radius 3 is 2.60 bits per heavy atom. The zero-order valence-electron chi connectivity index (χ0n) is 19.4. The zero-order valence-corrected chi connectivity index (χ0v) is 20.2. The second-order valence-electron chi connectivity index (χ2n) is 9.31. The lowest BCUT2D eigenvalue weighted by atomic mass is 10.1. The van der Waals surface area contributed by atoms with Crippen molar-refractivity contribution >= 4 is 33.3 Å². The Balaban J connectivity index is 1.53. The van der Waals surface area contributed by atoms with Gasteiger partial charge in [0.1, 0.15) is 23.5 Å². The highest BCUT2D eigenvalue weighted by Gasteiger charge is 2.54. The Labute approximate surface area is 203 Å². The standard InChI is InChI=1S/C23H26F3N5O3S/c1-11-16(20-30-13-6-4-5-7-15(13)35-20)19(31-21(28-11)27-10-23(24,25)26)29-14-8-12(9-32)17-18(14)34-22(2,3)33-17/h4-7,12,14,17-18,32H,8-10H2,1-3H3,(H2,27,28,29,31)/t12-,14?,17-,18+/m1/s1. The van der Waals surface area contributed by atoms with Crippen LogP contribution in [0.3, 0.4) is 0 Å². The third-order valence-electron chi connectivity index (χ3n) is 6.18. The van der Waals surface area contributed by atoms with E-state index in [0.29, 0.717) is 28.5 Å². The lowest BCUT2D eigenvalue weighted by Gasteiger charge is -2.25. The van der Waals surface area contributed by atoms with Crippen LogP contribution in [0, 0.1) is 12.8 Å². The Morgan fingerprint density at radius 1 is 1.14 bits per heavy atom. The number of benzene rings is 1. The Kier molecular flexibility index (Phi) is 6.10. The molecule has 0 radical (unpaired) electrons. The molecular formula is C23H26F3N5O3S. The number of aryl methyl sites for hydroxylation is 1. The second kappa shape index (κ2) is 8.84. The number of hydrogen-bond acceptors (Lipinski definition) is 9. The molecule has 1 aliphatic heterocycles. The van der Waals surface area contributed by atoms with Gasteiger partial charge in [0.15, 0.2) is 5.79 Å². The molecule has 1 unspecified atom stereocenters. The molecule has 5 rings (SSSR count). The van der Waals surface area contributed by atoms with Crippen LogP contribution in [0.2, 0.25) is 0 Å². The van der Waals surface area contributed by atoms with Crippen molar-refractivity contribution in [1.29, 1.82) is 0 Å². The molecule has 12 heteroatoms. The third kappa shape index (κ3) is 4.92. The van der Waals surface area contributed by atoms with Crippen LogP contribution in [0.4, 0.5) is 24.9 Å². The van der Waals surface area contributed by atoms with E-state index >= 15 is 0 Å². The van der Waals surface area contributed by atoms with Gasteiger partial charge in [0.2, 0.25) is 5.95 Å². The Morgan fingerprint density at radius 2 is 1.89 bits per heavy atom. The lowest BCUT2D eigenvalue weighted by Crippen LogP contribution is -2.35. The highest BCUT2D eigenvalue weighted by atomic mass is 32.1. The smallest absolute Gasteiger partial charge is 0.396 e. The Hall–Kier alpha value is -2.54. The number of fused-ring (bicyclic) bond motifs is 2. The number of rotatable bonds is 6. The van der Waals surface area contributed by atoms with Crippen molar-refractivity contribution in [2.75, 3.05) is 23.8 Å². The number of aliphatic hydroxyl groups excluding tert-OH is 1. The first-order valence-corrected chi connectivity index (χ1v) is 12.1. The fraction of sp³-hybridized carbons (Fsp3) is 0.522. The molecular weight excluding hydrogens is 483 g/mol. The van der Waals surface area contributed by atoms with Crippen molar-refractivity contribution in [2.24, 2.45) is 5.92 Å². The number of thiazole rings is 1. The number of hydrogen-bond donors (Lipinski definition) is 3. The second-order valence-corrected chi connectivity index (χ2v) is 10.3. The SMILES string of the molecule is Cc1nc(NCC(F)(F)F)nc(NC2C[C@H](CO)[C@H]3OC(C)(C)O[C@@H]23)c1-c1nc2ccccc2s1. The summed E-state index contributed by atoms with van der Waals surface area (Å²) in [6, 6.07) is 7.39. The van der Waals surface area contributed by atoms with Crippen LogP contribution in [0.1, 0.15) is 26.0 Å². The molecule has 4 atom stereocenters. The summed E-state index contributed by atoms with van der Waals surface area (Å²) in [7, 11) is 0. The monoisotopic (exact) mass is 509 g/mol. The van der Waals surface area contributed by atoms with Gasteiger partial charge in [-0.15, -0.1) is 11.3 Å². The zero-order chi connectivity index (χ0) is 25.0. The van der Waals surface area contributed by atoms with E-state index in [-0.39, 0.29) is 36.7 Å². The molecule has 3 heterocycles. The van der Waals surface area contributed by atoms with Gasteiger partial charge in [-0.3, -0.25) is 0 Å². The fourth-order valence-corrected chi connectivity index (χ4v) is 5.82. The van der Waals surface area contributed by atoms with Crippen LogP contribution in [-0.2, 0) is 9.47 Å². The summed E-state index contributed by atoms with van der Waals surface area (Å²) in [5.41, 5.74) is 1.92. The number of ether oxygens (including phenoxy) is 2. The number of halogens is 3. The van der Waals surface area contributed by atoms with Crippen molar-refractivity contribution < 1.29 is 27.8 Å². The van der Waals surface area contributed by atoms with Crippen LogP contribution >= 0.6 is 11.3 Å². The third-order valence-corrected chi connectivity index (χ3v) is 7.24. The van der Waals surface area contributed by atoms with Crippen LogP contribution < -0.4 is 10.6 Å². The fourth-order valence-electron chi connectivity index (χ4n) is 4.75. The number of anilines is 2. The molecule has 8 nitrogen and oxygen atoms in total. The Bertz CT molecular complexity index is 1200. The molecule has 3 aromatic rings. The van der Waals surface area contributed by atoms with Gasteiger partial charge in [0.05, 0.1) is 33.6 Å². The average molecular weight is 510 g/mol. The van der Waals surface area contributed by atoms with E-state index < -0.39 is 18.5 Å². The molecule has 1 saturated heterocycles. The van der Waals surface area contributed by atoms with Gasteiger partial charge >= 0.3 is 6.18 Å². The van der Waals surface area contributed by atoms with Crippen molar-refractivity contribution in [2.45, 2.75) is 57.4 Å². The van der Waals surface area contributed by atoms with Gasteiger partial charge < -0.3 is 25.2 Å². The van der Waals surface area contributed by atoms with Gasteiger partial charge in [0.25, 0.3) is 0 Å². The van der Waals surface area contributed by atoms with Gasteiger partial charge in [-0.2, -0.15) is 18.2 Å². The average Bonchev–Trinajstić information content (AvgIpc) is 3.42. The highest BCUT2D eigenvalue weighted by Crippen LogP contribution is 2.44. The van der Waals surface area contributed by atoms with Crippen molar-refractivity contribution in [3.63, 3.8) is 0 Å². The molecule has 1 saturated carbocycles. The molecule has 0 amide bonds. The number of nitrogens with one attached hydrogen (secondary N) is 2. The quantitative estimate of drug-likeness (QED) is 0.451. The summed E-state index contributed by atoms with van der Waals surface area (Å²) in [6.07, 6.45) is -4.52. The summed E-state index contributed by atoms with van der Waals surface area (Å²) >= 11 is 1.46. The molecule has 0 spiro atoms. The maximum atomic E-state index is 12.8. The van der Waals surface area contributed by atoms with Gasteiger partial charge in [-0.25, -0.2) is 9.97 Å². The predicted octanol–water partition coefficient (Wildman–Crippen LogP) is 4.35. The summed E-state index contributed by atoms with van der Waals surface area (Å²) in [5, 5.41) is 16.2. The number of nitrogens with zero attached hydrogens (tertiary/aromatic N) is 3. The maximum Gasteiger partial charge on any atom is 0.405 e. The summed E-state index contributed by atoms with van der Waals surface area (Å²) in [6.45, 7) is 4.04. The van der Waals surface area contributed by atoms with Crippen LogP contribution in [0.5, 0.6) is 0 Å². The molecule has 1 aromatic carbocycles. The van der Waals surface area contributed by atoms with E-state index in [0.717, 1.165) is 10.2 Å². The first-order valence-electron chi connectivity index (χ1n) is 11.3. The van der Waals surface area contributed by atoms with Crippen molar-refractivity contribution in [1.82, 2.24) is 15.0 Å². The summed E-state index contributed by atoms with van der Waals surface area (Å²) in [5.74, 6) is -0.725. The highest BCUT2D eigenvalue weighted by molar-refractivity contribution is 7.21. The minimum Gasteiger partial charge on any atom is -0.396 e. The first-order chi connectivity index (χ1) is 16.5. The number of aromatic nitrogens is 3. The number of para-hydroxylation sites is 1. The van der Waals surface area contributed by atoms with Gasteiger partial charge in [-0.05, 0) is 39.3 Å².